The van der Waals surface area contributed by atoms with Gasteiger partial charge < -0.3 is 19.4 Å². The van der Waals surface area contributed by atoms with Crippen LogP contribution in [0.4, 0.5) is 0 Å². The fraction of sp³-hybridized carbons (Fsp3) is 0.500. The minimum atomic E-state index is -0.708. The van der Waals surface area contributed by atoms with E-state index in [0.29, 0.717) is 22.9 Å². The summed E-state index contributed by atoms with van der Waals surface area (Å²) in [5.41, 5.74) is 1.91. The van der Waals surface area contributed by atoms with Crippen LogP contribution < -0.4 is 15.7 Å². The Hall–Kier alpha value is -2.05. The molecular weight excluding hydrogens is 368 g/mol. The van der Waals surface area contributed by atoms with Gasteiger partial charge in [0.15, 0.2) is 6.10 Å². The van der Waals surface area contributed by atoms with E-state index < -0.39 is 6.10 Å². The molecule has 1 heterocycles. The zero-order valence-electron chi connectivity index (χ0n) is 15.9. The first-order chi connectivity index (χ1) is 12.9. The summed E-state index contributed by atoms with van der Waals surface area (Å²) in [5, 5.41) is 4.10. The lowest BCUT2D eigenvalue weighted by molar-refractivity contribution is -0.127. The van der Waals surface area contributed by atoms with Crippen molar-refractivity contribution in [1.82, 2.24) is 10.2 Å². The highest BCUT2D eigenvalue weighted by Crippen LogP contribution is 2.35. The van der Waals surface area contributed by atoms with Crippen molar-refractivity contribution in [2.45, 2.75) is 38.7 Å². The molecule has 1 atom stereocenters. The number of halogens is 1. The van der Waals surface area contributed by atoms with E-state index in [4.69, 9.17) is 20.8 Å². The molecule has 0 radical (unpaired) electrons. The van der Waals surface area contributed by atoms with Crippen molar-refractivity contribution >= 4 is 28.5 Å². The van der Waals surface area contributed by atoms with Crippen LogP contribution in [0, 0.1) is 0 Å². The van der Waals surface area contributed by atoms with E-state index in [1.165, 1.54) is 0 Å². The third kappa shape index (κ3) is 4.45. The summed E-state index contributed by atoms with van der Waals surface area (Å²) >= 11 is 6.37. The van der Waals surface area contributed by atoms with Crippen molar-refractivity contribution in [2.24, 2.45) is 0 Å². The monoisotopic (exact) mass is 392 g/mol. The average molecular weight is 393 g/mol. The number of ether oxygens (including phenoxy) is 1. The standard InChI is InChI=1S/C20H25ClN2O4/c1-12(19(24)22-8-5-9-23(2)3)26-18-11-17-15(10-16(18)21)13-6-4-7-14(13)20(25)27-17/h10-12H,4-9H2,1-3H3,(H,22,24)/t12-/m1/s1. The molecule has 1 aliphatic carbocycles. The van der Waals surface area contributed by atoms with Gasteiger partial charge in [-0.3, -0.25) is 4.79 Å². The maximum Gasteiger partial charge on any atom is 0.339 e. The van der Waals surface area contributed by atoms with Gasteiger partial charge in [0.1, 0.15) is 11.3 Å². The minimum absolute atomic E-state index is 0.208. The smallest absolute Gasteiger partial charge is 0.339 e. The Labute approximate surface area is 163 Å². The number of benzene rings is 1. The Morgan fingerprint density at radius 2 is 2.07 bits per heavy atom. The zero-order valence-corrected chi connectivity index (χ0v) is 16.7. The number of rotatable bonds is 7. The van der Waals surface area contributed by atoms with Gasteiger partial charge in [-0.05, 0) is 64.9 Å². The van der Waals surface area contributed by atoms with E-state index in [1.807, 2.05) is 14.1 Å². The van der Waals surface area contributed by atoms with E-state index in [1.54, 1.807) is 19.1 Å². The van der Waals surface area contributed by atoms with Crippen LogP contribution in [0.15, 0.2) is 21.3 Å². The van der Waals surface area contributed by atoms with Crippen LogP contribution in [-0.2, 0) is 17.6 Å². The summed E-state index contributed by atoms with van der Waals surface area (Å²) in [5.74, 6) is 0.126. The summed E-state index contributed by atoms with van der Waals surface area (Å²) in [7, 11) is 3.98. The second-order valence-corrected chi connectivity index (χ2v) is 7.59. The largest absolute Gasteiger partial charge is 0.479 e. The minimum Gasteiger partial charge on any atom is -0.479 e. The van der Waals surface area contributed by atoms with E-state index in [-0.39, 0.29) is 11.5 Å². The Morgan fingerprint density at radius 3 is 2.81 bits per heavy atom. The topological polar surface area (TPSA) is 71.8 Å². The molecule has 0 saturated heterocycles. The number of fused-ring (bicyclic) bond motifs is 3. The van der Waals surface area contributed by atoms with Gasteiger partial charge in [0.05, 0.1) is 5.02 Å². The molecule has 146 valence electrons. The number of nitrogens with zero attached hydrogens (tertiary/aromatic N) is 1. The van der Waals surface area contributed by atoms with Crippen molar-refractivity contribution in [3.63, 3.8) is 0 Å². The van der Waals surface area contributed by atoms with Crippen LogP contribution >= 0.6 is 11.6 Å². The molecule has 1 amide bonds. The molecule has 6 nitrogen and oxygen atoms in total. The number of aryl methyl sites for hydroxylation is 1. The molecule has 0 unspecified atom stereocenters. The summed E-state index contributed by atoms with van der Waals surface area (Å²) in [6.07, 6.45) is 2.69. The van der Waals surface area contributed by atoms with Gasteiger partial charge in [0.2, 0.25) is 0 Å². The van der Waals surface area contributed by atoms with Crippen LogP contribution in [0.2, 0.25) is 5.02 Å². The van der Waals surface area contributed by atoms with Crippen LogP contribution in [-0.4, -0.2) is 44.1 Å². The fourth-order valence-corrected chi connectivity index (χ4v) is 3.58. The molecule has 1 aromatic carbocycles. The second kappa shape index (κ2) is 8.31. The average Bonchev–Trinajstić information content (AvgIpc) is 3.10. The van der Waals surface area contributed by atoms with Crippen LogP contribution in [0.3, 0.4) is 0 Å². The number of carbonyl (C=O) groups is 1. The Kier molecular flexibility index (Phi) is 6.07. The molecule has 27 heavy (non-hydrogen) atoms. The number of hydrogen-bond acceptors (Lipinski definition) is 5. The molecule has 1 aliphatic rings. The zero-order chi connectivity index (χ0) is 19.6. The van der Waals surface area contributed by atoms with Crippen LogP contribution in [0.25, 0.3) is 11.0 Å². The summed E-state index contributed by atoms with van der Waals surface area (Å²) < 4.78 is 11.2. The Morgan fingerprint density at radius 1 is 1.33 bits per heavy atom. The van der Waals surface area contributed by atoms with Crippen molar-refractivity contribution in [3.05, 3.63) is 38.7 Å². The van der Waals surface area contributed by atoms with Gasteiger partial charge in [-0.1, -0.05) is 11.6 Å². The maximum atomic E-state index is 12.2. The molecule has 0 saturated carbocycles. The molecule has 0 spiro atoms. The van der Waals surface area contributed by atoms with E-state index in [9.17, 15) is 9.59 Å². The highest BCUT2D eigenvalue weighted by Gasteiger charge is 2.22. The summed E-state index contributed by atoms with van der Waals surface area (Å²) in [4.78, 5) is 26.4. The van der Waals surface area contributed by atoms with Crippen LogP contribution in [0.1, 0.15) is 30.9 Å². The van der Waals surface area contributed by atoms with Gasteiger partial charge in [-0.15, -0.1) is 0 Å². The first-order valence-electron chi connectivity index (χ1n) is 9.24. The molecule has 0 fully saturated rings. The molecular formula is C20H25ClN2O4. The third-order valence-electron chi connectivity index (χ3n) is 4.78. The lowest BCUT2D eigenvalue weighted by Gasteiger charge is -2.17. The van der Waals surface area contributed by atoms with Crippen molar-refractivity contribution in [2.75, 3.05) is 27.2 Å². The van der Waals surface area contributed by atoms with Crippen molar-refractivity contribution in [3.8, 4) is 5.75 Å². The number of hydrogen-bond donors (Lipinski definition) is 1. The summed E-state index contributed by atoms with van der Waals surface area (Å²) in [6, 6.07) is 3.37. The molecule has 1 aromatic heterocycles. The van der Waals surface area contributed by atoms with Gasteiger partial charge >= 0.3 is 5.63 Å². The molecule has 2 aromatic rings. The molecule has 1 N–H and O–H groups in total. The number of nitrogens with one attached hydrogen (secondary N) is 1. The quantitative estimate of drug-likeness (QED) is 0.579. The van der Waals surface area contributed by atoms with Crippen molar-refractivity contribution in [1.29, 1.82) is 0 Å². The van der Waals surface area contributed by atoms with Crippen molar-refractivity contribution < 1.29 is 13.9 Å². The summed E-state index contributed by atoms with van der Waals surface area (Å²) in [6.45, 7) is 3.15. The first kappa shape index (κ1) is 19.7. The normalized spacial score (nSPS) is 14.4. The highest BCUT2D eigenvalue weighted by molar-refractivity contribution is 6.32. The fourth-order valence-electron chi connectivity index (χ4n) is 3.37. The highest BCUT2D eigenvalue weighted by atomic mass is 35.5. The predicted octanol–water partition coefficient (Wildman–Crippen LogP) is 2.77. The first-order valence-corrected chi connectivity index (χ1v) is 9.62. The van der Waals surface area contributed by atoms with Gasteiger partial charge in [-0.25, -0.2) is 4.79 Å². The molecule has 0 bridgehead atoms. The molecule has 3 rings (SSSR count). The van der Waals surface area contributed by atoms with E-state index in [0.717, 1.165) is 48.7 Å². The SMILES string of the molecule is C[C@@H](Oc1cc2oc(=O)c3c(c2cc1Cl)CCC3)C(=O)NCCCN(C)C. The van der Waals surface area contributed by atoms with E-state index in [2.05, 4.69) is 10.2 Å². The number of carbonyl (C=O) groups excluding carboxylic acids is 1. The second-order valence-electron chi connectivity index (χ2n) is 7.19. The predicted molar refractivity (Wildman–Crippen MR) is 106 cm³/mol. The lowest BCUT2D eigenvalue weighted by Crippen LogP contribution is -2.37. The van der Waals surface area contributed by atoms with Gasteiger partial charge in [-0.2, -0.15) is 0 Å². The molecule has 7 heteroatoms. The lowest BCUT2D eigenvalue weighted by atomic mass is 10.1. The number of amides is 1. The Balaban J connectivity index is 1.73. The Bertz CT molecular complexity index is 907. The van der Waals surface area contributed by atoms with Crippen LogP contribution in [0.5, 0.6) is 5.75 Å². The molecule has 0 aliphatic heterocycles. The van der Waals surface area contributed by atoms with Gasteiger partial charge in [0.25, 0.3) is 5.91 Å². The van der Waals surface area contributed by atoms with E-state index >= 15 is 0 Å². The van der Waals surface area contributed by atoms with Gasteiger partial charge in [0, 0.05) is 23.6 Å². The third-order valence-corrected chi connectivity index (χ3v) is 5.08. The maximum absolute atomic E-state index is 12.2.